The van der Waals surface area contributed by atoms with Crippen molar-refractivity contribution in [2.75, 3.05) is 11.1 Å². The smallest absolute Gasteiger partial charge is 0.237 e. The van der Waals surface area contributed by atoms with Crippen LogP contribution in [0.2, 0.25) is 0 Å². The monoisotopic (exact) mass is 424 g/mol. The van der Waals surface area contributed by atoms with Gasteiger partial charge >= 0.3 is 0 Å². The first kappa shape index (κ1) is 21.2. The molecule has 28 heavy (non-hydrogen) atoms. The van der Waals surface area contributed by atoms with Crippen LogP contribution in [0.5, 0.6) is 0 Å². The van der Waals surface area contributed by atoms with Crippen LogP contribution in [0.3, 0.4) is 0 Å². The van der Waals surface area contributed by atoms with Gasteiger partial charge in [0.1, 0.15) is 0 Å². The molecule has 4 atom stereocenters. The van der Waals surface area contributed by atoms with Crippen LogP contribution < -0.4 is 10.6 Å². The number of benzene rings is 1. The molecule has 0 aromatic heterocycles. The van der Waals surface area contributed by atoms with Gasteiger partial charge in [-0.3, -0.25) is 9.59 Å². The largest absolute Gasteiger partial charge is 0.353 e. The Hall–Kier alpha value is -1.54. The van der Waals surface area contributed by atoms with Crippen LogP contribution in [0, 0.1) is 11.8 Å². The third kappa shape index (κ3) is 4.71. The number of amides is 2. The van der Waals surface area contributed by atoms with Crippen molar-refractivity contribution in [2.45, 2.75) is 67.5 Å². The number of nitrogens with one attached hydrogen (secondary N) is 2. The maximum absolute atomic E-state index is 12.7. The Morgan fingerprint density at radius 3 is 2.75 bits per heavy atom. The fraction of sp³-hybridized carbons (Fsp3) is 0.600. The first-order chi connectivity index (χ1) is 13.2. The summed E-state index contributed by atoms with van der Waals surface area (Å²) in [6.07, 6.45) is 3.15. The van der Waals surface area contributed by atoms with Crippen LogP contribution in [0.1, 0.15) is 46.5 Å². The van der Waals surface area contributed by atoms with E-state index < -0.39 is 9.84 Å². The minimum atomic E-state index is -3.61. The molecule has 1 saturated carbocycles. The Morgan fingerprint density at radius 1 is 1.25 bits per heavy atom. The molecule has 0 spiro atoms. The summed E-state index contributed by atoms with van der Waals surface area (Å²) >= 11 is 1.41. The molecule has 1 aliphatic carbocycles. The molecule has 2 amide bonds. The van der Waals surface area contributed by atoms with E-state index in [0.29, 0.717) is 17.5 Å². The first-order valence-corrected chi connectivity index (χ1v) is 12.3. The summed E-state index contributed by atoms with van der Waals surface area (Å²) in [4.78, 5) is 25.1. The average molecular weight is 425 g/mol. The van der Waals surface area contributed by atoms with E-state index in [9.17, 15) is 18.0 Å². The van der Waals surface area contributed by atoms with Gasteiger partial charge in [-0.25, -0.2) is 8.42 Å². The maximum atomic E-state index is 12.7. The second-order valence-electron chi connectivity index (χ2n) is 7.92. The minimum absolute atomic E-state index is 0.0604. The highest BCUT2D eigenvalue weighted by molar-refractivity contribution is 8.01. The maximum Gasteiger partial charge on any atom is 0.237 e. The lowest BCUT2D eigenvalue weighted by Gasteiger charge is -2.34. The lowest BCUT2D eigenvalue weighted by Crippen LogP contribution is -2.44. The molecule has 8 heteroatoms. The molecule has 3 rings (SSSR count). The molecule has 6 nitrogen and oxygen atoms in total. The van der Waals surface area contributed by atoms with Gasteiger partial charge in [0.05, 0.1) is 21.6 Å². The summed E-state index contributed by atoms with van der Waals surface area (Å²) in [6, 6.07) is 4.88. The third-order valence-electron chi connectivity index (χ3n) is 5.89. The van der Waals surface area contributed by atoms with Gasteiger partial charge in [0.15, 0.2) is 9.84 Å². The van der Waals surface area contributed by atoms with Crippen molar-refractivity contribution in [1.82, 2.24) is 5.32 Å². The van der Waals surface area contributed by atoms with E-state index in [4.69, 9.17) is 0 Å². The lowest BCUT2D eigenvalue weighted by atomic mass is 9.78. The number of hydrogen-bond donors (Lipinski definition) is 2. The molecule has 1 fully saturated rings. The van der Waals surface area contributed by atoms with Gasteiger partial charge in [-0.15, -0.1) is 11.8 Å². The topological polar surface area (TPSA) is 92.3 Å². The SMILES string of the molecule is C[C@@H]1[C@H](C)CCC[C@H]1NC(=O)CCS(=O)(=O)c1ccc2c(c1)NC(=O)[C@H](C)S2. The molecule has 0 saturated heterocycles. The lowest BCUT2D eigenvalue weighted by molar-refractivity contribution is -0.122. The quantitative estimate of drug-likeness (QED) is 0.757. The van der Waals surface area contributed by atoms with Crippen molar-refractivity contribution in [3.8, 4) is 0 Å². The van der Waals surface area contributed by atoms with Gasteiger partial charge in [-0.05, 0) is 43.4 Å². The Morgan fingerprint density at radius 2 is 2.00 bits per heavy atom. The zero-order chi connectivity index (χ0) is 20.5. The Bertz CT molecular complexity index is 869. The summed E-state index contributed by atoms with van der Waals surface area (Å²) in [5.41, 5.74) is 0.517. The second kappa shape index (κ2) is 8.45. The fourth-order valence-corrected chi connectivity index (χ4v) is 5.98. The Balaban J connectivity index is 1.62. The number of hydrogen-bond acceptors (Lipinski definition) is 5. The highest BCUT2D eigenvalue weighted by Crippen LogP contribution is 2.37. The van der Waals surface area contributed by atoms with Crippen LogP contribution in [0.25, 0.3) is 0 Å². The summed E-state index contributed by atoms with van der Waals surface area (Å²) in [6.45, 7) is 6.15. The highest BCUT2D eigenvalue weighted by atomic mass is 32.2. The summed E-state index contributed by atoms with van der Waals surface area (Å²) in [5, 5.41) is 5.56. The normalized spacial score (nSPS) is 27.6. The van der Waals surface area contributed by atoms with Gasteiger partial charge in [0, 0.05) is 17.4 Å². The number of thioether (sulfide) groups is 1. The number of fused-ring (bicyclic) bond motifs is 1. The fourth-order valence-electron chi connectivity index (χ4n) is 3.79. The molecule has 1 aliphatic heterocycles. The number of sulfone groups is 1. The predicted molar refractivity (Wildman–Crippen MR) is 111 cm³/mol. The molecular formula is C20H28N2O4S2. The van der Waals surface area contributed by atoms with E-state index in [0.717, 1.165) is 17.7 Å². The minimum Gasteiger partial charge on any atom is -0.353 e. The van der Waals surface area contributed by atoms with Crippen molar-refractivity contribution in [3.63, 3.8) is 0 Å². The summed E-state index contributed by atoms with van der Waals surface area (Å²) in [5.74, 6) is 0.367. The predicted octanol–water partition coefficient (Wildman–Crippen LogP) is 3.22. The average Bonchev–Trinajstić information content (AvgIpc) is 2.64. The van der Waals surface area contributed by atoms with Crippen LogP contribution in [0.15, 0.2) is 28.0 Å². The highest BCUT2D eigenvalue weighted by Gasteiger charge is 2.29. The summed E-state index contributed by atoms with van der Waals surface area (Å²) < 4.78 is 25.4. The van der Waals surface area contributed by atoms with Crippen molar-refractivity contribution in [3.05, 3.63) is 18.2 Å². The van der Waals surface area contributed by atoms with Gasteiger partial charge in [-0.1, -0.05) is 26.7 Å². The van der Waals surface area contributed by atoms with Crippen LogP contribution >= 0.6 is 11.8 Å². The Kier molecular flexibility index (Phi) is 6.39. The van der Waals surface area contributed by atoms with E-state index in [-0.39, 0.29) is 40.2 Å². The standard InChI is InChI=1S/C20H28N2O4S2/c1-12-5-4-6-16(13(12)2)21-19(23)9-10-28(25,26)15-7-8-18-17(11-15)22-20(24)14(3)27-18/h7-8,11-14,16H,4-6,9-10H2,1-3H3,(H,21,23)(H,22,24)/t12-,13-,14+,16-/m1/s1. The summed E-state index contributed by atoms with van der Waals surface area (Å²) in [7, 11) is -3.61. The zero-order valence-electron chi connectivity index (χ0n) is 16.5. The molecule has 154 valence electrons. The molecular weight excluding hydrogens is 396 g/mol. The molecule has 0 unspecified atom stereocenters. The van der Waals surface area contributed by atoms with Crippen LogP contribution in [0.4, 0.5) is 5.69 Å². The van der Waals surface area contributed by atoms with E-state index in [2.05, 4.69) is 24.5 Å². The van der Waals surface area contributed by atoms with E-state index >= 15 is 0 Å². The Labute approximate surface area is 171 Å². The van der Waals surface area contributed by atoms with E-state index in [1.807, 2.05) is 0 Å². The molecule has 0 bridgehead atoms. The van der Waals surface area contributed by atoms with Crippen molar-refractivity contribution in [2.24, 2.45) is 11.8 Å². The van der Waals surface area contributed by atoms with E-state index in [1.54, 1.807) is 19.1 Å². The van der Waals surface area contributed by atoms with Crippen molar-refractivity contribution >= 4 is 39.1 Å². The van der Waals surface area contributed by atoms with Crippen molar-refractivity contribution in [1.29, 1.82) is 0 Å². The van der Waals surface area contributed by atoms with E-state index in [1.165, 1.54) is 24.2 Å². The number of anilines is 1. The molecule has 2 aliphatic rings. The van der Waals surface area contributed by atoms with Gasteiger partial charge in [0.25, 0.3) is 0 Å². The van der Waals surface area contributed by atoms with Gasteiger partial charge in [0.2, 0.25) is 11.8 Å². The zero-order valence-corrected chi connectivity index (χ0v) is 18.2. The molecule has 1 heterocycles. The molecule has 2 N–H and O–H groups in total. The third-order valence-corrected chi connectivity index (χ3v) is 8.78. The second-order valence-corrected chi connectivity index (χ2v) is 11.4. The number of carbonyl (C=O) groups is 2. The van der Waals surface area contributed by atoms with Crippen molar-refractivity contribution < 1.29 is 18.0 Å². The molecule has 1 aromatic carbocycles. The molecule has 1 aromatic rings. The van der Waals surface area contributed by atoms with Gasteiger partial charge in [-0.2, -0.15) is 0 Å². The first-order valence-electron chi connectivity index (χ1n) is 9.81. The van der Waals surface area contributed by atoms with Crippen LogP contribution in [-0.2, 0) is 19.4 Å². The molecule has 0 radical (unpaired) electrons. The number of rotatable bonds is 5. The van der Waals surface area contributed by atoms with Crippen LogP contribution in [-0.4, -0.2) is 37.3 Å². The number of carbonyl (C=O) groups excluding carboxylic acids is 2. The van der Waals surface area contributed by atoms with Gasteiger partial charge < -0.3 is 10.6 Å².